The summed E-state index contributed by atoms with van der Waals surface area (Å²) in [5.41, 5.74) is 7.42. The second-order valence-corrected chi connectivity index (χ2v) is 3.62. The molecule has 0 aliphatic rings. The monoisotopic (exact) mass is 194 g/mol. The summed E-state index contributed by atoms with van der Waals surface area (Å²) in [7, 11) is 0. The Bertz CT molecular complexity index is 258. The molecule has 0 amide bonds. The van der Waals surface area contributed by atoms with Gasteiger partial charge in [0.2, 0.25) is 0 Å². The predicted molar refractivity (Wildman–Crippen MR) is 60.2 cm³/mol. The van der Waals surface area contributed by atoms with Gasteiger partial charge in [0.25, 0.3) is 0 Å². The van der Waals surface area contributed by atoms with Crippen molar-refractivity contribution >= 4 is 11.4 Å². The van der Waals surface area contributed by atoms with Crippen LogP contribution in [-0.4, -0.2) is 18.3 Å². The fraction of sp³-hybridized carbons (Fsp3) is 0.455. The molecule has 3 heteroatoms. The van der Waals surface area contributed by atoms with Crippen LogP contribution < -0.4 is 11.1 Å². The van der Waals surface area contributed by atoms with Gasteiger partial charge in [-0.25, -0.2) is 0 Å². The van der Waals surface area contributed by atoms with E-state index in [-0.39, 0.29) is 6.61 Å². The zero-order valence-corrected chi connectivity index (χ0v) is 8.53. The summed E-state index contributed by atoms with van der Waals surface area (Å²) in [6.07, 6.45) is 0.835. The average Bonchev–Trinajstić information content (AvgIpc) is 2.17. The predicted octanol–water partition coefficient (Wildman–Crippen LogP) is 1.70. The number of hydrogen-bond acceptors (Lipinski definition) is 3. The highest BCUT2D eigenvalue weighted by Gasteiger charge is 2.00. The zero-order chi connectivity index (χ0) is 10.4. The summed E-state index contributed by atoms with van der Waals surface area (Å²) in [6, 6.07) is 7.67. The molecule has 0 heterocycles. The lowest BCUT2D eigenvalue weighted by atomic mass is 10.1. The fourth-order valence-electron chi connectivity index (χ4n) is 1.22. The van der Waals surface area contributed by atoms with Gasteiger partial charge in [-0.15, -0.1) is 0 Å². The maximum atomic E-state index is 8.73. The third-order valence-electron chi connectivity index (χ3n) is 2.19. The Morgan fingerprint density at radius 3 is 2.57 bits per heavy atom. The quantitative estimate of drug-likeness (QED) is 0.625. The van der Waals surface area contributed by atoms with Crippen molar-refractivity contribution in [3.8, 4) is 0 Å². The lowest BCUT2D eigenvalue weighted by Crippen LogP contribution is -2.12. The molecule has 1 atom stereocenters. The number of nitrogen functional groups attached to an aromatic ring is 1. The van der Waals surface area contributed by atoms with Gasteiger partial charge in [0, 0.05) is 24.5 Å². The maximum absolute atomic E-state index is 8.73. The molecule has 0 aromatic heterocycles. The Hall–Kier alpha value is -1.22. The molecular weight excluding hydrogens is 176 g/mol. The van der Waals surface area contributed by atoms with E-state index in [0.29, 0.717) is 5.92 Å². The van der Waals surface area contributed by atoms with Crippen molar-refractivity contribution in [2.75, 3.05) is 24.2 Å². The van der Waals surface area contributed by atoms with Crippen LogP contribution in [0.25, 0.3) is 0 Å². The van der Waals surface area contributed by atoms with Crippen LogP contribution in [0.4, 0.5) is 11.4 Å². The first-order valence-electron chi connectivity index (χ1n) is 4.92. The number of anilines is 2. The molecule has 14 heavy (non-hydrogen) atoms. The summed E-state index contributed by atoms with van der Waals surface area (Å²) in [6.45, 7) is 3.25. The van der Waals surface area contributed by atoms with Crippen LogP contribution in [0.3, 0.4) is 0 Å². The number of hydrogen-bond donors (Lipinski definition) is 3. The number of nitrogens with one attached hydrogen (secondary N) is 1. The van der Waals surface area contributed by atoms with Crippen molar-refractivity contribution in [2.24, 2.45) is 5.92 Å². The average molecular weight is 194 g/mol. The first kappa shape index (κ1) is 10.9. The van der Waals surface area contributed by atoms with Crippen LogP contribution in [0.5, 0.6) is 0 Å². The highest BCUT2D eigenvalue weighted by atomic mass is 16.3. The molecule has 1 rings (SSSR count). The van der Waals surface area contributed by atoms with Crippen LogP contribution in [-0.2, 0) is 0 Å². The van der Waals surface area contributed by atoms with E-state index in [2.05, 4.69) is 12.2 Å². The number of aliphatic hydroxyl groups is 1. The topological polar surface area (TPSA) is 58.3 Å². The summed E-state index contributed by atoms with van der Waals surface area (Å²) < 4.78 is 0. The van der Waals surface area contributed by atoms with Crippen molar-refractivity contribution in [1.29, 1.82) is 0 Å². The number of aliphatic hydroxyl groups excluding tert-OH is 1. The van der Waals surface area contributed by atoms with Crippen molar-refractivity contribution in [3.63, 3.8) is 0 Å². The molecule has 1 aromatic carbocycles. The zero-order valence-electron chi connectivity index (χ0n) is 8.53. The first-order valence-corrected chi connectivity index (χ1v) is 4.92. The van der Waals surface area contributed by atoms with Gasteiger partial charge in [-0.1, -0.05) is 6.92 Å². The standard InChI is InChI=1S/C11H18N2O/c1-9(6-7-14)8-13-11-4-2-10(12)3-5-11/h2-5,9,13-14H,6-8,12H2,1H3. The Morgan fingerprint density at radius 2 is 2.00 bits per heavy atom. The third-order valence-corrected chi connectivity index (χ3v) is 2.19. The van der Waals surface area contributed by atoms with E-state index >= 15 is 0 Å². The summed E-state index contributed by atoms with van der Waals surface area (Å²) in [4.78, 5) is 0. The van der Waals surface area contributed by atoms with Crippen LogP contribution in [0.1, 0.15) is 13.3 Å². The Labute approximate surface area is 84.9 Å². The molecule has 0 aliphatic heterocycles. The van der Waals surface area contributed by atoms with Gasteiger partial charge in [-0.2, -0.15) is 0 Å². The molecule has 3 nitrogen and oxygen atoms in total. The van der Waals surface area contributed by atoms with E-state index in [9.17, 15) is 0 Å². The minimum Gasteiger partial charge on any atom is -0.399 e. The molecule has 78 valence electrons. The van der Waals surface area contributed by atoms with Crippen molar-refractivity contribution in [2.45, 2.75) is 13.3 Å². The molecule has 0 fully saturated rings. The van der Waals surface area contributed by atoms with Gasteiger partial charge in [0.05, 0.1) is 0 Å². The normalized spacial score (nSPS) is 12.4. The van der Waals surface area contributed by atoms with Crippen LogP contribution >= 0.6 is 0 Å². The molecular formula is C11H18N2O. The second kappa shape index (κ2) is 5.50. The highest BCUT2D eigenvalue weighted by Crippen LogP contribution is 2.11. The van der Waals surface area contributed by atoms with E-state index in [1.165, 1.54) is 0 Å². The molecule has 0 spiro atoms. The van der Waals surface area contributed by atoms with Crippen molar-refractivity contribution < 1.29 is 5.11 Å². The Balaban J connectivity index is 2.34. The molecule has 0 aliphatic carbocycles. The molecule has 0 radical (unpaired) electrons. The Kier molecular flexibility index (Phi) is 4.26. The summed E-state index contributed by atoms with van der Waals surface area (Å²) in [5.74, 6) is 0.484. The molecule has 4 N–H and O–H groups in total. The van der Waals surface area contributed by atoms with E-state index < -0.39 is 0 Å². The second-order valence-electron chi connectivity index (χ2n) is 3.62. The smallest absolute Gasteiger partial charge is 0.0434 e. The number of rotatable bonds is 5. The number of nitrogens with two attached hydrogens (primary N) is 1. The third kappa shape index (κ3) is 3.66. The largest absolute Gasteiger partial charge is 0.399 e. The highest BCUT2D eigenvalue weighted by molar-refractivity contribution is 5.51. The van der Waals surface area contributed by atoms with Gasteiger partial charge in [-0.3, -0.25) is 0 Å². The van der Waals surface area contributed by atoms with Gasteiger partial charge < -0.3 is 16.2 Å². The summed E-state index contributed by atoms with van der Waals surface area (Å²) >= 11 is 0. The van der Waals surface area contributed by atoms with Crippen molar-refractivity contribution in [3.05, 3.63) is 24.3 Å². The lowest BCUT2D eigenvalue weighted by molar-refractivity contribution is 0.266. The molecule has 0 saturated carbocycles. The van der Waals surface area contributed by atoms with Gasteiger partial charge in [-0.05, 0) is 36.6 Å². The van der Waals surface area contributed by atoms with Gasteiger partial charge >= 0.3 is 0 Å². The van der Waals surface area contributed by atoms with Gasteiger partial charge in [0.15, 0.2) is 0 Å². The van der Waals surface area contributed by atoms with Gasteiger partial charge in [0.1, 0.15) is 0 Å². The van der Waals surface area contributed by atoms with E-state index in [1.54, 1.807) is 0 Å². The molecule has 0 bridgehead atoms. The molecule has 1 unspecified atom stereocenters. The van der Waals surface area contributed by atoms with Crippen LogP contribution in [0.2, 0.25) is 0 Å². The maximum Gasteiger partial charge on any atom is 0.0434 e. The van der Waals surface area contributed by atoms with E-state index in [1.807, 2.05) is 24.3 Å². The molecule has 0 saturated heterocycles. The minimum atomic E-state index is 0.255. The van der Waals surface area contributed by atoms with E-state index in [0.717, 1.165) is 24.3 Å². The van der Waals surface area contributed by atoms with E-state index in [4.69, 9.17) is 10.8 Å². The fourth-order valence-corrected chi connectivity index (χ4v) is 1.22. The Morgan fingerprint density at radius 1 is 1.36 bits per heavy atom. The summed E-state index contributed by atoms with van der Waals surface area (Å²) in [5, 5.41) is 12.0. The SMILES string of the molecule is CC(CCO)CNc1ccc(N)cc1. The van der Waals surface area contributed by atoms with Crippen molar-refractivity contribution in [1.82, 2.24) is 0 Å². The first-order chi connectivity index (χ1) is 6.72. The van der Waals surface area contributed by atoms with Crippen LogP contribution in [0, 0.1) is 5.92 Å². The minimum absolute atomic E-state index is 0.255. The molecule has 1 aromatic rings. The number of benzene rings is 1. The lowest BCUT2D eigenvalue weighted by Gasteiger charge is -2.12. The van der Waals surface area contributed by atoms with Crippen LogP contribution in [0.15, 0.2) is 24.3 Å².